The van der Waals surface area contributed by atoms with Gasteiger partial charge in [-0.05, 0) is 37.3 Å². The Morgan fingerprint density at radius 1 is 1.40 bits per heavy atom. The highest BCUT2D eigenvalue weighted by molar-refractivity contribution is 5.97. The molecule has 2 aliphatic rings. The Balaban J connectivity index is 1.76. The zero-order chi connectivity index (χ0) is 18.0. The molecule has 2 aliphatic heterocycles. The Bertz CT molecular complexity index is 640. The molecule has 0 aromatic carbocycles. The second-order valence-electron chi connectivity index (χ2n) is 7.07. The lowest BCUT2D eigenvalue weighted by atomic mass is 9.95. The summed E-state index contributed by atoms with van der Waals surface area (Å²) in [4.78, 5) is 39.2. The van der Waals surface area contributed by atoms with Crippen LogP contribution in [0.1, 0.15) is 43.7 Å². The van der Waals surface area contributed by atoms with Crippen molar-refractivity contribution in [1.29, 1.82) is 0 Å². The number of fused-ring (bicyclic) bond motifs is 1. The first kappa shape index (κ1) is 17.7. The Kier molecular flexibility index (Phi) is 5.22. The van der Waals surface area contributed by atoms with Crippen LogP contribution in [0.15, 0.2) is 22.8 Å². The highest BCUT2D eigenvalue weighted by atomic mass is 16.5. The third kappa shape index (κ3) is 3.76. The number of ketones is 1. The third-order valence-electron chi connectivity index (χ3n) is 4.68. The van der Waals surface area contributed by atoms with E-state index in [0.717, 1.165) is 12.8 Å². The minimum atomic E-state index is -0.690. The number of nitrogens with zero attached hydrogens (tertiary/aromatic N) is 1. The molecular weight excluding hydrogens is 324 g/mol. The fourth-order valence-corrected chi connectivity index (χ4v) is 3.57. The van der Waals surface area contributed by atoms with Crippen molar-refractivity contribution in [1.82, 2.24) is 10.2 Å². The van der Waals surface area contributed by atoms with Crippen molar-refractivity contribution in [2.45, 2.75) is 51.3 Å². The summed E-state index contributed by atoms with van der Waals surface area (Å²) in [7, 11) is 0. The third-order valence-corrected chi connectivity index (χ3v) is 4.68. The van der Waals surface area contributed by atoms with Gasteiger partial charge in [0.25, 0.3) is 5.91 Å². The van der Waals surface area contributed by atoms with Gasteiger partial charge in [0.15, 0.2) is 11.5 Å². The molecule has 1 aromatic heterocycles. The predicted molar refractivity (Wildman–Crippen MR) is 88.9 cm³/mol. The lowest BCUT2D eigenvalue weighted by Gasteiger charge is -2.37. The summed E-state index contributed by atoms with van der Waals surface area (Å²) in [5, 5.41) is 2.77. The van der Waals surface area contributed by atoms with Crippen LogP contribution in [0.5, 0.6) is 0 Å². The number of likely N-dealkylation sites (tertiary alicyclic amines) is 1. The largest absolute Gasteiger partial charge is 0.459 e. The number of amides is 2. The molecule has 25 heavy (non-hydrogen) atoms. The molecule has 0 aliphatic carbocycles. The van der Waals surface area contributed by atoms with Crippen LogP contribution in [0.3, 0.4) is 0 Å². The van der Waals surface area contributed by atoms with E-state index in [9.17, 15) is 14.4 Å². The van der Waals surface area contributed by atoms with E-state index in [-0.39, 0.29) is 36.1 Å². The number of hydrogen-bond acceptors (Lipinski definition) is 5. The second-order valence-corrected chi connectivity index (χ2v) is 7.07. The van der Waals surface area contributed by atoms with Gasteiger partial charge in [0, 0.05) is 6.54 Å². The highest BCUT2D eigenvalue weighted by Crippen LogP contribution is 2.27. The average molecular weight is 348 g/mol. The Hall–Kier alpha value is -2.15. The topological polar surface area (TPSA) is 88.8 Å². The molecule has 3 heterocycles. The number of piperidine rings is 1. The Morgan fingerprint density at radius 2 is 2.20 bits per heavy atom. The number of furan rings is 1. The van der Waals surface area contributed by atoms with Crippen molar-refractivity contribution < 1.29 is 23.5 Å². The molecule has 0 radical (unpaired) electrons. The molecule has 7 nitrogen and oxygen atoms in total. The molecule has 2 fully saturated rings. The van der Waals surface area contributed by atoms with Gasteiger partial charge in [-0.25, -0.2) is 0 Å². The minimum Gasteiger partial charge on any atom is -0.459 e. The standard InChI is InChI=1S/C18H24N2O5/c1-11(2)9-12(19-17(22)15-6-4-8-24-15)18(23)20-7-3-5-14-16(20)13(21)10-25-14/h4,6,8,11-12,14,16H,3,5,7,9-10H2,1-2H3,(H,19,22). The number of hydrogen-bond donors (Lipinski definition) is 1. The van der Waals surface area contributed by atoms with Crippen molar-refractivity contribution in [2.24, 2.45) is 5.92 Å². The first-order valence-electron chi connectivity index (χ1n) is 8.76. The summed E-state index contributed by atoms with van der Waals surface area (Å²) < 4.78 is 10.6. The molecule has 1 aromatic rings. The van der Waals surface area contributed by atoms with Crippen LogP contribution < -0.4 is 5.32 Å². The van der Waals surface area contributed by atoms with E-state index in [1.807, 2.05) is 13.8 Å². The quantitative estimate of drug-likeness (QED) is 0.868. The van der Waals surface area contributed by atoms with Crippen molar-refractivity contribution in [3.8, 4) is 0 Å². The van der Waals surface area contributed by atoms with E-state index in [4.69, 9.17) is 9.15 Å². The molecule has 2 saturated heterocycles. The van der Waals surface area contributed by atoms with Gasteiger partial charge in [-0.2, -0.15) is 0 Å². The van der Waals surface area contributed by atoms with Gasteiger partial charge in [-0.1, -0.05) is 13.8 Å². The monoisotopic (exact) mass is 348 g/mol. The molecule has 3 rings (SSSR count). The van der Waals surface area contributed by atoms with Gasteiger partial charge in [-0.15, -0.1) is 0 Å². The minimum absolute atomic E-state index is 0.0568. The summed E-state index contributed by atoms with van der Waals surface area (Å²) in [5.74, 6) is -0.326. The van der Waals surface area contributed by atoms with Gasteiger partial charge in [0.2, 0.25) is 5.91 Å². The lowest BCUT2D eigenvalue weighted by molar-refractivity contribution is -0.142. The number of rotatable bonds is 5. The zero-order valence-electron chi connectivity index (χ0n) is 14.6. The number of ether oxygens (including phenoxy) is 1. The van der Waals surface area contributed by atoms with Crippen molar-refractivity contribution in [2.75, 3.05) is 13.2 Å². The second kappa shape index (κ2) is 7.39. The van der Waals surface area contributed by atoms with Crippen LogP contribution >= 0.6 is 0 Å². The Morgan fingerprint density at radius 3 is 2.88 bits per heavy atom. The maximum absolute atomic E-state index is 13.1. The summed E-state index contributed by atoms with van der Waals surface area (Å²) in [6.45, 7) is 4.55. The average Bonchev–Trinajstić information content (AvgIpc) is 3.23. The van der Waals surface area contributed by atoms with Gasteiger partial charge >= 0.3 is 0 Å². The van der Waals surface area contributed by atoms with Crippen LogP contribution in [-0.2, 0) is 14.3 Å². The Labute approximate surface area is 146 Å². The normalized spacial score (nSPS) is 24.3. The highest BCUT2D eigenvalue weighted by Gasteiger charge is 2.45. The molecular formula is C18H24N2O5. The smallest absolute Gasteiger partial charge is 0.287 e. The number of Topliss-reactive ketones (excluding diaryl/α,β-unsaturated/α-hetero) is 1. The van der Waals surface area contributed by atoms with Crippen molar-refractivity contribution in [3.05, 3.63) is 24.2 Å². The van der Waals surface area contributed by atoms with Crippen LogP contribution in [0.25, 0.3) is 0 Å². The molecule has 0 spiro atoms. The predicted octanol–water partition coefficient (Wildman–Crippen LogP) is 1.38. The van der Waals surface area contributed by atoms with E-state index in [2.05, 4.69) is 5.32 Å². The number of nitrogens with one attached hydrogen (secondary N) is 1. The summed E-state index contributed by atoms with van der Waals surface area (Å²) in [5.41, 5.74) is 0. The number of carbonyl (C=O) groups excluding carboxylic acids is 3. The first-order chi connectivity index (χ1) is 12.0. The van der Waals surface area contributed by atoms with Crippen LogP contribution in [-0.4, -0.2) is 53.8 Å². The van der Waals surface area contributed by atoms with Gasteiger partial charge in [-0.3, -0.25) is 14.4 Å². The molecule has 0 bridgehead atoms. The summed E-state index contributed by atoms with van der Waals surface area (Å²) in [6.07, 6.45) is 3.27. The summed E-state index contributed by atoms with van der Waals surface area (Å²) >= 11 is 0. The molecule has 1 N–H and O–H groups in total. The van der Waals surface area contributed by atoms with E-state index in [1.165, 1.54) is 6.26 Å². The van der Waals surface area contributed by atoms with E-state index >= 15 is 0 Å². The zero-order valence-corrected chi connectivity index (χ0v) is 14.6. The first-order valence-corrected chi connectivity index (χ1v) is 8.76. The van der Waals surface area contributed by atoms with E-state index in [1.54, 1.807) is 17.0 Å². The molecule has 2 amide bonds. The van der Waals surface area contributed by atoms with Gasteiger partial charge in [0.1, 0.15) is 18.7 Å². The summed E-state index contributed by atoms with van der Waals surface area (Å²) in [6, 6.07) is 1.97. The van der Waals surface area contributed by atoms with Crippen molar-refractivity contribution in [3.63, 3.8) is 0 Å². The fraction of sp³-hybridized carbons (Fsp3) is 0.611. The molecule has 7 heteroatoms. The van der Waals surface area contributed by atoms with Crippen molar-refractivity contribution >= 4 is 17.6 Å². The van der Waals surface area contributed by atoms with Gasteiger partial charge in [0.05, 0.1) is 12.4 Å². The molecule has 136 valence electrons. The van der Waals surface area contributed by atoms with Crippen LogP contribution in [0.4, 0.5) is 0 Å². The van der Waals surface area contributed by atoms with E-state index < -0.39 is 18.0 Å². The van der Waals surface area contributed by atoms with Crippen LogP contribution in [0.2, 0.25) is 0 Å². The maximum Gasteiger partial charge on any atom is 0.287 e. The molecule has 3 atom stereocenters. The van der Waals surface area contributed by atoms with E-state index in [0.29, 0.717) is 13.0 Å². The fourth-order valence-electron chi connectivity index (χ4n) is 3.57. The SMILES string of the molecule is CC(C)CC(NC(=O)c1ccco1)C(=O)N1CCCC2OCC(=O)C21. The van der Waals surface area contributed by atoms with Crippen LogP contribution in [0, 0.1) is 5.92 Å². The lowest BCUT2D eigenvalue weighted by Crippen LogP contribution is -2.58. The van der Waals surface area contributed by atoms with Gasteiger partial charge < -0.3 is 19.4 Å². The molecule has 0 saturated carbocycles. The maximum atomic E-state index is 13.1. The number of carbonyl (C=O) groups is 3. The molecule has 3 unspecified atom stereocenters.